The largest absolute Gasteiger partial charge is 0.455 e. The molecule has 6 rings (SSSR count). The number of hydrogen-bond donors (Lipinski definition) is 1. The van der Waals surface area contributed by atoms with Gasteiger partial charge in [-0.15, -0.1) is 0 Å². The predicted molar refractivity (Wildman–Crippen MR) is 93.1 cm³/mol. The van der Waals surface area contributed by atoms with Gasteiger partial charge in [0.05, 0.1) is 17.9 Å². The number of aromatic nitrogens is 4. The molecule has 2 aromatic heterocycles. The van der Waals surface area contributed by atoms with Crippen molar-refractivity contribution in [1.29, 1.82) is 0 Å². The molecule has 3 saturated heterocycles. The Kier molecular flexibility index (Phi) is 3.27. The highest BCUT2D eigenvalue weighted by molar-refractivity contribution is 5.90. The van der Waals surface area contributed by atoms with Gasteiger partial charge in [-0.05, 0) is 32.0 Å². The SMILES string of the molecule is Cn1nccc1-c1cc(NC2=NC[C@@]3(CN4CCC3CC4)O2)ncn1. The molecular weight excluding hydrogens is 318 g/mol. The van der Waals surface area contributed by atoms with E-state index in [2.05, 4.69) is 30.3 Å². The fourth-order valence-electron chi connectivity index (χ4n) is 4.25. The summed E-state index contributed by atoms with van der Waals surface area (Å²) in [6.45, 7) is 4.10. The first kappa shape index (κ1) is 14.8. The number of aryl methyl sites for hydroxylation is 1. The third-order valence-corrected chi connectivity index (χ3v) is 5.60. The number of nitrogens with one attached hydrogen (secondary N) is 1. The first-order valence-corrected chi connectivity index (χ1v) is 8.75. The van der Waals surface area contributed by atoms with Gasteiger partial charge in [-0.2, -0.15) is 5.10 Å². The van der Waals surface area contributed by atoms with Crippen LogP contribution in [0.25, 0.3) is 11.4 Å². The molecule has 1 spiro atoms. The number of hydrogen-bond acceptors (Lipinski definition) is 7. The number of piperidine rings is 3. The third kappa shape index (κ3) is 2.48. The summed E-state index contributed by atoms with van der Waals surface area (Å²) < 4.78 is 8.09. The lowest BCUT2D eigenvalue weighted by Gasteiger charge is -2.50. The van der Waals surface area contributed by atoms with E-state index in [-0.39, 0.29) is 5.60 Å². The van der Waals surface area contributed by atoms with Gasteiger partial charge >= 0.3 is 0 Å². The fourth-order valence-corrected chi connectivity index (χ4v) is 4.25. The average Bonchev–Trinajstić information content (AvgIpc) is 3.23. The molecule has 8 nitrogen and oxygen atoms in total. The molecule has 0 saturated carbocycles. The Morgan fingerprint density at radius 2 is 2.16 bits per heavy atom. The van der Waals surface area contributed by atoms with Gasteiger partial charge in [0.1, 0.15) is 17.7 Å². The van der Waals surface area contributed by atoms with E-state index in [0.29, 0.717) is 17.8 Å². The second kappa shape index (κ2) is 5.52. The van der Waals surface area contributed by atoms with Crippen molar-refractivity contribution in [3.05, 3.63) is 24.7 Å². The number of fused-ring (bicyclic) bond motifs is 2. The van der Waals surface area contributed by atoms with E-state index in [1.165, 1.54) is 25.9 Å². The molecule has 2 aromatic rings. The summed E-state index contributed by atoms with van der Waals surface area (Å²) in [6, 6.07) is 4.39. The van der Waals surface area contributed by atoms with E-state index < -0.39 is 0 Å². The van der Waals surface area contributed by atoms with Gasteiger partial charge in [0.25, 0.3) is 6.02 Å². The number of aliphatic imine (C=N–C) groups is 1. The quantitative estimate of drug-likeness (QED) is 0.884. The highest BCUT2D eigenvalue weighted by Gasteiger charge is 2.51. The maximum absolute atomic E-state index is 6.30. The van der Waals surface area contributed by atoms with Gasteiger partial charge in [0.2, 0.25) is 0 Å². The second-order valence-electron chi connectivity index (χ2n) is 7.09. The van der Waals surface area contributed by atoms with Gasteiger partial charge in [-0.3, -0.25) is 14.9 Å². The van der Waals surface area contributed by atoms with E-state index in [1.54, 1.807) is 17.2 Å². The van der Waals surface area contributed by atoms with Crippen molar-refractivity contribution < 1.29 is 4.74 Å². The van der Waals surface area contributed by atoms with Crippen LogP contribution >= 0.6 is 0 Å². The lowest BCUT2D eigenvalue weighted by Crippen LogP contribution is -2.61. The number of amidine groups is 1. The fraction of sp³-hybridized carbons (Fsp3) is 0.529. The molecular formula is C17H21N7O. The normalized spacial score (nSPS) is 30.4. The molecule has 0 radical (unpaired) electrons. The standard InChI is InChI=1S/C17H21N7O/c1-23-14(2-5-21-23)13-8-15(20-11-19-13)22-16-18-9-17(25-16)10-24-6-3-12(17)4-7-24/h2,5,8,11-12H,3-4,6-7,9-10H2,1H3,(H,18,19,20,22)/t17-/m0/s1. The summed E-state index contributed by atoms with van der Waals surface area (Å²) in [4.78, 5) is 15.7. The predicted octanol–water partition coefficient (Wildman–Crippen LogP) is 1.14. The Balaban J connectivity index is 1.33. The zero-order valence-corrected chi connectivity index (χ0v) is 14.2. The van der Waals surface area contributed by atoms with Crippen LogP contribution in [0.5, 0.6) is 0 Å². The molecule has 4 aliphatic rings. The summed E-state index contributed by atoms with van der Waals surface area (Å²) >= 11 is 0. The first-order valence-electron chi connectivity index (χ1n) is 8.75. The van der Waals surface area contributed by atoms with Crippen molar-refractivity contribution in [3.63, 3.8) is 0 Å². The molecule has 6 heterocycles. The minimum atomic E-state index is -0.142. The molecule has 4 aliphatic heterocycles. The summed E-state index contributed by atoms with van der Waals surface area (Å²) in [5.74, 6) is 1.29. The Hall–Kier alpha value is -2.48. The maximum atomic E-state index is 6.30. The average molecular weight is 339 g/mol. The molecule has 25 heavy (non-hydrogen) atoms. The van der Waals surface area contributed by atoms with E-state index in [9.17, 15) is 0 Å². The van der Waals surface area contributed by atoms with Crippen molar-refractivity contribution >= 4 is 11.8 Å². The van der Waals surface area contributed by atoms with Gasteiger partial charge in [-0.25, -0.2) is 15.0 Å². The number of anilines is 1. The monoisotopic (exact) mass is 339 g/mol. The lowest BCUT2D eigenvalue weighted by atomic mass is 9.75. The molecule has 1 atom stereocenters. The van der Waals surface area contributed by atoms with Crippen molar-refractivity contribution in [3.8, 4) is 11.4 Å². The van der Waals surface area contributed by atoms with Gasteiger partial charge in [0, 0.05) is 31.8 Å². The Morgan fingerprint density at radius 3 is 2.88 bits per heavy atom. The molecule has 1 N–H and O–H groups in total. The van der Waals surface area contributed by atoms with E-state index in [4.69, 9.17) is 4.74 Å². The smallest absolute Gasteiger partial charge is 0.291 e. The van der Waals surface area contributed by atoms with Gasteiger partial charge in [0.15, 0.2) is 0 Å². The van der Waals surface area contributed by atoms with Crippen LogP contribution in [0.3, 0.4) is 0 Å². The molecule has 0 amide bonds. The van der Waals surface area contributed by atoms with Gasteiger partial charge in [-0.1, -0.05) is 0 Å². The molecule has 2 bridgehead atoms. The highest BCUT2D eigenvalue weighted by atomic mass is 16.5. The second-order valence-corrected chi connectivity index (χ2v) is 7.09. The van der Waals surface area contributed by atoms with Crippen LogP contribution in [-0.4, -0.2) is 62.5 Å². The Bertz CT molecular complexity index is 824. The molecule has 8 heteroatoms. The zero-order chi connectivity index (χ0) is 16.9. The first-order chi connectivity index (χ1) is 12.2. The number of nitrogens with zero attached hydrogens (tertiary/aromatic N) is 6. The van der Waals surface area contributed by atoms with Crippen LogP contribution in [0, 0.1) is 5.92 Å². The minimum absolute atomic E-state index is 0.142. The van der Waals surface area contributed by atoms with Crippen LogP contribution in [0.1, 0.15) is 12.8 Å². The third-order valence-electron chi connectivity index (χ3n) is 5.60. The summed E-state index contributed by atoms with van der Waals surface area (Å²) in [6.07, 6.45) is 5.72. The lowest BCUT2D eigenvalue weighted by molar-refractivity contribution is -0.0829. The van der Waals surface area contributed by atoms with Crippen molar-refractivity contribution in [2.45, 2.75) is 18.4 Å². The highest BCUT2D eigenvalue weighted by Crippen LogP contribution is 2.40. The van der Waals surface area contributed by atoms with Crippen LogP contribution in [0.15, 0.2) is 29.6 Å². The van der Waals surface area contributed by atoms with E-state index in [0.717, 1.165) is 24.5 Å². The maximum Gasteiger partial charge on any atom is 0.291 e. The molecule has 0 aliphatic carbocycles. The minimum Gasteiger partial charge on any atom is -0.455 e. The molecule has 0 aromatic carbocycles. The summed E-state index contributed by atoms with van der Waals surface area (Å²) in [5.41, 5.74) is 1.61. The van der Waals surface area contributed by atoms with Crippen LogP contribution < -0.4 is 5.32 Å². The molecule has 0 unspecified atom stereocenters. The molecule has 3 fully saturated rings. The summed E-state index contributed by atoms with van der Waals surface area (Å²) in [7, 11) is 1.89. The summed E-state index contributed by atoms with van der Waals surface area (Å²) in [5, 5.41) is 7.41. The van der Waals surface area contributed by atoms with E-state index in [1.807, 2.05) is 19.2 Å². The van der Waals surface area contributed by atoms with Crippen molar-refractivity contribution in [2.24, 2.45) is 18.0 Å². The molecule has 130 valence electrons. The van der Waals surface area contributed by atoms with Crippen molar-refractivity contribution in [1.82, 2.24) is 24.6 Å². The van der Waals surface area contributed by atoms with Crippen LogP contribution in [0.2, 0.25) is 0 Å². The van der Waals surface area contributed by atoms with Crippen molar-refractivity contribution in [2.75, 3.05) is 31.5 Å². The topological polar surface area (TPSA) is 80.5 Å². The van der Waals surface area contributed by atoms with E-state index >= 15 is 0 Å². The van der Waals surface area contributed by atoms with Crippen LogP contribution in [-0.2, 0) is 11.8 Å². The van der Waals surface area contributed by atoms with Gasteiger partial charge < -0.3 is 4.74 Å². The Labute approximate surface area is 145 Å². The van der Waals surface area contributed by atoms with Crippen LogP contribution in [0.4, 0.5) is 5.82 Å². The Morgan fingerprint density at radius 1 is 1.28 bits per heavy atom. The number of rotatable bonds is 2. The number of ether oxygens (including phenoxy) is 1. The zero-order valence-electron chi connectivity index (χ0n) is 14.2.